The summed E-state index contributed by atoms with van der Waals surface area (Å²) >= 11 is 0. The van der Waals surface area contributed by atoms with Crippen molar-refractivity contribution in [2.24, 2.45) is 0 Å². The van der Waals surface area contributed by atoms with E-state index in [0.29, 0.717) is 25.2 Å². The zero-order valence-electron chi connectivity index (χ0n) is 14.5. The topological polar surface area (TPSA) is 54.0 Å². The third-order valence-electron chi connectivity index (χ3n) is 4.50. The molecule has 0 aliphatic carbocycles. The summed E-state index contributed by atoms with van der Waals surface area (Å²) in [6, 6.07) is 9.06. The molecule has 5 heteroatoms. The second-order valence-electron chi connectivity index (χ2n) is 6.35. The van der Waals surface area contributed by atoms with Gasteiger partial charge in [0.2, 0.25) is 0 Å². The molecule has 2 rings (SSSR count). The van der Waals surface area contributed by atoms with Gasteiger partial charge in [-0.2, -0.15) is 0 Å². The fraction of sp³-hybridized carbons (Fsp3) is 0.667. The van der Waals surface area contributed by atoms with Crippen LogP contribution in [0.2, 0.25) is 0 Å². The van der Waals surface area contributed by atoms with Crippen LogP contribution in [-0.2, 0) is 4.74 Å². The molecule has 0 saturated carbocycles. The fourth-order valence-corrected chi connectivity index (χ4v) is 3.19. The van der Waals surface area contributed by atoms with Crippen LogP contribution in [0.25, 0.3) is 0 Å². The molecule has 23 heavy (non-hydrogen) atoms. The van der Waals surface area contributed by atoms with Gasteiger partial charge in [0, 0.05) is 25.7 Å². The van der Waals surface area contributed by atoms with E-state index in [1.54, 1.807) is 14.2 Å². The lowest BCUT2D eigenvalue weighted by Gasteiger charge is -2.34. The predicted molar refractivity (Wildman–Crippen MR) is 91.9 cm³/mol. The van der Waals surface area contributed by atoms with Crippen LogP contribution in [0.3, 0.4) is 0 Å². The average molecular weight is 322 g/mol. The number of β-amino-alcohol motifs (C(OH)–C–C–N with tert-alkyl or cyclic N) is 1. The molecule has 0 spiro atoms. The van der Waals surface area contributed by atoms with Crippen molar-refractivity contribution < 1.29 is 14.6 Å². The van der Waals surface area contributed by atoms with E-state index in [4.69, 9.17) is 9.47 Å². The fourth-order valence-electron chi connectivity index (χ4n) is 3.19. The van der Waals surface area contributed by atoms with Gasteiger partial charge in [0.1, 0.15) is 5.75 Å². The first kappa shape index (κ1) is 18.2. The summed E-state index contributed by atoms with van der Waals surface area (Å²) in [5, 5.41) is 13.5. The van der Waals surface area contributed by atoms with Gasteiger partial charge in [-0.25, -0.2) is 0 Å². The van der Waals surface area contributed by atoms with Crippen molar-refractivity contribution in [3.8, 4) is 5.75 Å². The lowest BCUT2D eigenvalue weighted by Crippen LogP contribution is -2.46. The smallest absolute Gasteiger partial charge is 0.119 e. The van der Waals surface area contributed by atoms with E-state index in [1.807, 2.05) is 12.1 Å². The quantitative estimate of drug-likeness (QED) is 0.765. The van der Waals surface area contributed by atoms with Crippen molar-refractivity contribution in [2.45, 2.75) is 38.0 Å². The minimum Gasteiger partial charge on any atom is -0.497 e. The first-order valence-electron chi connectivity index (χ1n) is 8.41. The second kappa shape index (κ2) is 9.23. The van der Waals surface area contributed by atoms with Gasteiger partial charge in [0.05, 0.1) is 19.8 Å². The Morgan fingerprint density at radius 2 is 2.04 bits per heavy atom. The molecule has 1 aliphatic rings. The molecule has 1 aromatic rings. The number of aliphatic hydroxyl groups is 1. The molecule has 1 heterocycles. The van der Waals surface area contributed by atoms with Crippen molar-refractivity contribution in [1.82, 2.24) is 10.2 Å². The summed E-state index contributed by atoms with van der Waals surface area (Å²) in [4.78, 5) is 2.32. The molecule has 130 valence electrons. The maximum atomic E-state index is 9.82. The summed E-state index contributed by atoms with van der Waals surface area (Å²) in [5.74, 6) is 0.901. The largest absolute Gasteiger partial charge is 0.497 e. The normalized spacial score (nSPS) is 19.5. The third kappa shape index (κ3) is 5.77. The molecular formula is C18H30N2O3. The van der Waals surface area contributed by atoms with Crippen molar-refractivity contribution in [3.63, 3.8) is 0 Å². The van der Waals surface area contributed by atoms with Crippen LogP contribution in [-0.4, -0.2) is 62.6 Å². The Hall–Kier alpha value is -1.14. The van der Waals surface area contributed by atoms with E-state index in [2.05, 4.69) is 29.3 Å². The highest BCUT2D eigenvalue weighted by molar-refractivity contribution is 5.30. The van der Waals surface area contributed by atoms with Crippen molar-refractivity contribution in [1.29, 1.82) is 0 Å². The lowest BCUT2D eigenvalue weighted by molar-refractivity contribution is 0.0308. The van der Waals surface area contributed by atoms with E-state index in [1.165, 1.54) is 5.56 Å². The number of methoxy groups -OCH3 is 2. The molecule has 2 unspecified atom stereocenters. The number of likely N-dealkylation sites (tertiary alicyclic amines) is 1. The molecule has 1 fully saturated rings. The number of hydrogen-bond donors (Lipinski definition) is 2. The zero-order chi connectivity index (χ0) is 16.7. The molecule has 2 atom stereocenters. The number of aliphatic hydroxyl groups excluding tert-OH is 1. The molecule has 1 aromatic carbocycles. The van der Waals surface area contributed by atoms with Crippen molar-refractivity contribution >= 4 is 0 Å². The van der Waals surface area contributed by atoms with E-state index < -0.39 is 0 Å². The second-order valence-corrected chi connectivity index (χ2v) is 6.35. The van der Waals surface area contributed by atoms with Crippen LogP contribution < -0.4 is 10.1 Å². The van der Waals surface area contributed by atoms with E-state index in [0.717, 1.165) is 31.7 Å². The highest BCUT2D eigenvalue weighted by Crippen LogP contribution is 2.21. The number of nitrogens with one attached hydrogen (secondary N) is 1. The zero-order valence-corrected chi connectivity index (χ0v) is 14.5. The minimum absolute atomic E-state index is 0.306. The Morgan fingerprint density at radius 1 is 1.30 bits per heavy atom. The standard InChI is InChI=1S/C18H30N2O3/c1-14(15-5-4-6-18(11-15)23-3)19-16-7-9-20(10-8-16)12-17(21)13-22-2/h4-6,11,14,16-17,19,21H,7-10,12-13H2,1-3H3. The van der Waals surface area contributed by atoms with Crippen LogP contribution in [0.5, 0.6) is 5.75 Å². The van der Waals surface area contributed by atoms with E-state index in [-0.39, 0.29) is 6.10 Å². The van der Waals surface area contributed by atoms with Gasteiger partial charge in [0.15, 0.2) is 0 Å². The van der Waals surface area contributed by atoms with Crippen LogP contribution in [0, 0.1) is 0 Å². The number of rotatable bonds is 8. The van der Waals surface area contributed by atoms with Crippen molar-refractivity contribution in [3.05, 3.63) is 29.8 Å². The Balaban J connectivity index is 1.77. The Labute approximate surface area is 139 Å². The lowest BCUT2D eigenvalue weighted by atomic mass is 10.0. The number of ether oxygens (including phenoxy) is 2. The van der Waals surface area contributed by atoms with Gasteiger partial charge >= 0.3 is 0 Å². The molecule has 2 N–H and O–H groups in total. The minimum atomic E-state index is -0.389. The number of piperidine rings is 1. The van der Waals surface area contributed by atoms with Gasteiger partial charge in [0.25, 0.3) is 0 Å². The SMILES string of the molecule is COCC(O)CN1CCC(NC(C)c2cccc(OC)c2)CC1. The summed E-state index contributed by atoms with van der Waals surface area (Å²) in [6.07, 6.45) is 1.82. The molecule has 1 aliphatic heterocycles. The van der Waals surface area contributed by atoms with Crippen LogP contribution in [0.4, 0.5) is 0 Å². The van der Waals surface area contributed by atoms with Gasteiger partial charge in [-0.15, -0.1) is 0 Å². The molecule has 0 radical (unpaired) electrons. The van der Waals surface area contributed by atoms with Crippen LogP contribution in [0.1, 0.15) is 31.4 Å². The molecule has 0 bridgehead atoms. The number of benzene rings is 1. The summed E-state index contributed by atoms with van der Waals surface area (Å²) in [7, 11) is 3.32. The Bertz CT molecular complexity index is 461. The highest BCUT2D eigenvalue weighted by atomic mass is 16.5. The van der Waals surface area contributed by atoms with Crippen LogP contribution in [0.15, 0.2) is 24.3 Å². The molecule has 0 aromatic heterocycles. The predicted octanol–water partition coefficient (Wildman–Crippen LogP) is 1.82. The van der Waals surface area contributed by atoms with Crippen LogP contribution >= 0.6 is 0 Å². The van der Waals surface area contributed by atoms with Gasteiger partial charge in [-0.3, -0.25) is 0 Å². The maximum Gasteiger partial charge on any atom is 0.119 e. The van der Waals surface area contributed by atoms with Gasteiger partial charge in [-0.05, 0) is 50.6 Å². The summed E-state index contributed by atoms with van der Waals surface area (Å²) in [6.45, 7) is 5.34. The highest BCUT2D eigenvalue weighted by Gasteiger charge is 2.22. The molecule has 5 nitrogen and oxygen atoms in total. The first-order valence-corrected chi connectivity index (χ1v) is 8.41. The third-order valence-corrected chi connectivity index (χ3v) is 4.50. The maximum absolute atomic E-state index is 9.82. The molecular weight excluding hydrogens is 292 g/mol. The Morgan fingerprint density at radius 3 is 2.70 bits per heavy atom. The van der Waals surface area contributed by atoms with E-state index in [9.17, 15) is 5.11 Å². The first-order chi connectivity index (χ1) is 11.1. The Kier molecular flexibility index (Phi) is 7.30. The number of nitrogens with zero attached hydrogens (tertiary/aromatic N) is 1. The molecule has 0 amide bonds. The van der Waals surface area contributed by atoms with Gasteiger partial charge < -0.3 is 24.8 Å². The van der Waals surface area contributed by atoms with Crippen molar-refractivity contribution in [2.75, 3.05) is 40.5 Å². The van der Waals surface area contributed by atoms with E-state index >= 15 is 0 Å². The molecule has 1 saturated heterocycles. The monoisotopic (exact) mass is 322 g/mol. The summed E-state index contributed by atoms with van der Waals surface area (Å²) in [5.41, 5.74) is 1.25. The summed E-state index contributed by atoms with van der Waals surface area (Å²) < 4.78 is 10.3. The average Bonchev–Trinajstić information content (AvgIpc) is 2.57. The van der Waals surface area contributed by atoms with Gasteiger partial charge in [-0.1, -0.05) is 12.1 Å². The number of hydrogen-bond acceptors (Lipinski definition) is 5.